The van der Waals surface area contributed by atoms with Crippen molar-refractivity contribution in [1.29, 1.82) is 0 Å². The molecule has 3 aromatic rings. The second-order valence-corrected chi connectivity index (χ2v) is 7.66. The van der Waals surface area contributed by atoms with Gasteiger partial charge in [0.05, 0.1) is 5.75 Å². The number of nitrogens with zero attached hydrogens (tertiary/aromatic N) is 2. The van der Waals surface area contributed by atoms with Crippen LogP contribution >= 0.6 is 23.4 Å². The standard InChI is InChI=1S/C21H20ClN3OS/c1-14-6-8-16(9-7-14)12-23-19(26)13-27-20-10-15(2)24-21(25-20)17-4-3-5-18(22)11-17/h3-11H,12-13H2,1-2H3,(H,23,26). The molecule has 1 N–H and O–H groups in total. The average Bonchev–Trinajstić information content (AvgIpc) is 2.65. The fourth-order valence-corrected chi connectivity index (χ4v) is 3.44. The van der Waals surface area contributed by atoms with Crippen LogP contribution in [0.3, 0.4) is 0 Å². The Hall–Kier alpha value is -2.37. The minimum atomic E-state index is -0.0267. The fraction of sp³-hybridized carbons (Fsp3) is 0.190. The molecule has 0 radical (unpaired) electrons. The van der Waals surface area contributed by atoms with Crippen molar-refractivity contribution >= 4 is 29.3 Å². The SMILES string of the molecule is Cc1ccc(CNC(=O)CSc2cc(C)nc(-c3cccc(Cl)c3)n2)cc1. The van der Waals surface area contributed by atoms with Crippen molar-refractivity contribution < 1.29 is 4.79 Å². The highest BCUT2D eigenvalue weighted by atomic mass is 35.5. The summed E-state index contributed by atoms with van der Waals surface area (Å²) in [7, 11) is 0. The number of thioether (sulfide) groups is 1. The van der Waals surface area contributed by atoms with Gasteiger partial charge in [0.2, 0.25) is 5.91 Å². The Kier molecular flexibility index (Phi) is 6.48. The van der Waals surface area contributed by atoms with E-state index in [1.165, 1.54) is 17.3 Å². The summed E-state index contributed by atoms with van der Waals surface area (Å²) in [6.45, 7) is 4.48. The Labute approximate surface area is 168 Å². The molecule has 0 fully saturated rings. The maximum atomic E-state index is 12.1. The normalized spacial score (nSPS) is 10.6. The van der Waals surface area contributed by atoms with Crippen LogP contribution in [0.15, 0.2) is 59.6 Å². The van der Waals surface area contributed by atoms with E-state index in [9.17, 15) is 4.79 Å². The van der Waals surface area contributed by atoms with Crippen LogP contribution in [0.5, 0.6) is 0 Å². The third-order valence-electron chi connectivity index (χ3n) is 3.87. The number of hydrogen-bond donors (Lipinski definition) is 1. The van der Waals surface area contributed by atoms with Crippen LogP contribution in [0, 0.1) is 13.8 Å². The zero-order valence-corrected chi connectivity index (χ0v) is 16.8. The van der Waals surface area contributed by atoms with Crippen molar-refractivity contribution in [1.82, 2.24) is 15.3 Å². The van der Waals surface area contributed by atoms with Crippen LogP contribution in [-0.4, -0.2) is 21.6 Å². The number of nitrogens with one attached hydrogen (secondary N) is 1. The molecule has 0 atom stereocenters. The van der Waals surface area contributed by atoms with Crippen LogP contribution in [0.2, 0.25) is 5.02 Å². The Morgan fingerprint density at radius 1 is 1.07 bits per heavy atom. The number of halogens is 1. The molecule has 0 aliphatic carbocycles. The number of hydrogen-bond acceptors (Lipinski definition) is 4. The quantitative estimate of drug-likeness (QED) is 0.478. The Bertz CT molecular complexity index is 944. The van der Waals surface area contributed by atoms with Gasteiger partial charge in [-0.15, -0.1) is 0 Å². The van der Waals surface area contributed by atoms with Gasteiger partial charge in [-0.2, -0.15) is 0 Å². The molecule has 0 aliphatic rings. The van der Waals surface area contributed by atoms with E-state index in [-0.39, 0.29) is 5.91 Å². The fourth-order valence-electron chi connectivity index (χ4n) is 2.47. The first-order valence-corrected chi connectivity index (χ1v) is 9.92. The molecular formula is C21H20ClN3OS. The summed E-state index contributed by atoms with van der Waals surface area (Å²) in [5.74, 6) is 0.887. The van der Waals surface area contributed by atoms with E-state index in [0.29, 0.717) is 23.1 Å². The van der Waals surface area contributed by atoms with Crippen molar-refractivity contribution in [2.45, 2.75) is 25.4 Å². The first-order valence-electron chi connectivity index (χ1n) is 8.56. The van der Waals surface area contributed by atoms with Crippen molar-refractivity contribution in [3.05, 3.63) is 76.4 Å². The summed E-state index contributed by atoms with van der Waals surface area (Å²) in [5.41, 5.74) is 4.00. The first kappa shape index (κ1) is 19.4. The molecule has 27 heavy (non-hydrogen) atoms. The summed E-state index contributed by atoms with van der Waals surface area (Å²) in [6, 6.07) is 17.4. The zero-order chi connectivity index (χ0) is 19.2. The van der Waals surface area contributed by atoms with Gasteiger partial charge < -0.3 is 5.32 Å². The van der Waals surface area contributed by atoms with Crippen LogP contribution in [0.25, 0.3) is 11.4 Å². The van der Waals surface area contributed by atoms with Crippen molar-refractivity contribution in [3.63, 3.8) is 0 Å². The molecule has 1 amide bonds. The molecule has 0 aliphatic heterocycles. The number of benzene rings is 2. The van der Waals surface area contributed by atoms with Crippen molar-refractivity contribution in [2.24, 2.45) is 0 Å². The summed E-state index contributed by atoms with van der Waals surface area (Å²) in [5, 5.41) is 4.34. The number of carbonyl (C=O) groups excluding carboxylic acids is 1. The summed E-state index contributed by atoms with van der Waals surface area (Å²) in [6.07, 6.45) is 0. The van der Waals surface area contributed by atoms with Crippen LogP contribution in [0.1, 0.15) is 16.8 Å². The van der Waals surface area contributed by atoms with Gasteiger partial charge in [0.1, 0.15) is 5.03 Å². The highest BCUT2D eigenvalue weighted by molar-refractivity contribution is 7.99. The number of aromatic nitrogens is 2. The van der Waals surface area contributed by atoms with Crippen LogP contribution in [0.4, 0.5) is 0 Å². The molecule has 1 heterocycles. The maximum absolute atomic E-state index is 12.1. The second kappa shape index (κ2) is 9.02. The monoisotopic (exact) mass is 397 g/mol. The number of rotatable bonds is 6. The van der Waals surface area contributed by atoms with Gasteiger partial charge in [0.15, 0.2) is 5.82 Å². The van der Waals surface area contributed by atoms with Crippen molar-refractivity contribution in [3.8, 4) is 11.4 Å². The third kappa shape index (κ3) is 5.81. The van der Waals surface area contributed by atoms with Gasteiger partial charge >= 0.3 is 0 Å². The molecule has 138 valence electrons. The van der Waals surface area contributed by atoms with Gasteiger partial charge in [0, 0.05) is 22.8 Å². The molecule has 0 unspecified atom stereocenters. The largest absolute Gasteiger partial charge is 0.351 e. The highest BCUT2D eigenvalue weighted by Crippen LogP contribution is 2.23. The molecule has 0 saturated heterocycles. The van der Waals surface area contributed by atoms with E-state index < -0.39 is 0 Å². The molecular weight excluding hydrogens is 378 g/mol. The molecule has 4 nitrogen and oxygen atoms in total. The second-order valence-electron chi connectivity index (χ2n) is 6.23. The van der Waals surface area contributed by atoms with E-state index in [4.69, 9.17) is 11.6 Å². The smallest absolute Gasteiger partial charge is 0.230 e. The summed E-state index contributed by atoms with van der Waals surface area (Å²) < 4.78 is 0. The van der Waals surface area contributed by atoms with E-state index in [2.05, 4.69) is 15.3 Å². The van der Waals surface area contributed by atoms with Crippen LogP contribution in [-0.2, 0) is 11.3 Å². The minimum absolute atomic E-state index is 0.0267. The van der Waals surface area contributed by atoms with E-state index in [1.807, 2.05) is 68.4 Å². The third-order valence-corrected chi connectivity index (χ3v) is 5.02. The Balaban J connectivity index is 1.60. The predicted octanol–water partition coefficient (Wildman–Crippen LogP) is 4.82. The van der Waals surface area contributed by atoms with Gasteiger partial charge in [-0.1, -0.05) is 65.3 Å². The zero-order valence-electron chi connectivity index (χ0n) is 15.2. The predicted molar refractivity (Wildman–Crippen MR) is 111 cm³/mol. The van der Waals surface area contributed by atoms with E-state index in [0.717, 1.165) is 21.8 Å². The van der Waals surface area contributed by atoms with Gasteiger partial charge in [0.25, 0.3) is 0 Å². The lowest BCUT2D eigenvalue weighted by Gasteiger charge is -2.08. The lowest BCUT2D eigenvalue weighted by Crippen LogP contribution is -2.24. The van der Waals surface area contributed by atoms with Gasteiger partial charge in [-0.05, 0) is 37.6 Å². The minimum Gasteiger partial charge on any atom is -0.351 e. The van der Waals surface area contributed by atoms with Gasteiger partial charge in [-0.3, -0.25) is 4.79 Å². The van der Waals surface area contributed by atoms with Crippen LogP contribution < -0.4 is 5.32 Å². The molecule has 3 rings (SSSR count). The molecule has 0 spiro atoms. The number of carbonyl (C=O) groups is 1. The molecule has 1 aromatic heterocycles. The topological polar surface area (TPSA) is 54.9 Å². The van der Waals surface area contributed by atoms with Gasteiger partial charge in [-0.25, -0.2) is 9.97 Å². The average molecular weight is 398 g/mol. The lowest BCUT2D eigenvalue weighted by molar-refractivity contribution is -0.118. The maximum Gasteiger partial charge on any atom is 0.230 e. The molecule has 0 bridgehead atoms. The Morgan fingerprint density at radius 3 is 2.59 bits per heavy atom. The molecule has 2 aromatic carbocycles. The highest BCUT2D eigenvalue weighted by Gasteiger charge is 2.09. The molecule has 6 heteroatoms. The lowest BCUT2D eigenvalue weighted by atomic mass is 10.1. The van der Waals surface area contributed by atoms with Crippen molar-refractivity contribution in [2.75, 3.05) is 5.75 Å². The number of amides is 1. The summed E-state index contributed by atoms with van der Waals surface area (Å²) in [4.78, 5) is 21.2. The van der Waals surface area contributed by atoms with E-state index in [1.54, 1.807) is 0 Å². The first-order chi connectivity index (χ1) is 13.0. The Morgan fingerprint density at radius 2 is 1.85 bits per heavy atom. The summed E-state index contributed by atoms with van der Waals surface area (Å²) >= 11 is 7.45. The number of aryl methyl sites for hydroxylation is 2. The molecule has 0 saturated carbocycles. The van der Waals surface area contributed by atoms with E-state index >= 15 is 0 Å².